The van der Waals surface area contributed by atoms with Crippen molar-refractivity contribution < 1.29 is 4.74 Å². The van der Waals surface area contributed by atoms with Crippen LogP contribution in [-0.2, 0) is 4.74 Å². The van der Waals surface area contributed by atoms with E-state index in [-0.39, 0.29) is 5.60 Å². The maximum atomic E-state index is 6.17. The largest absolute Gasteiger partial charge is 0.374 e. The van der Waals surface area contributed by atoms with Gasteiger partial charge in [0.25, 0.3) is 0 Å². The highest BCUT2D eigenvalue weighted by Gasteiger charge is 2.44. The quantitative estimate of drug-likeness (QED) is 0.749. The predicted molar refractivity (Wildman–Crippen MR) is 83.7 cm³/mol. The Morgan fingerprint density at radius 3 is 2.63 bits per heavy atom. The zero-order chi connectivity index (χ0) is 13.9. The van der Waals surface area contributed by atoms with Crippen molar-refractivity contribution in [3.63, 3.8) is 0 Å². The molecular weight excluding hydrogens is 252 g/mol. The van der Waals surface area contributed by atoms with Crippen molar-refractivity contribution in [3.05, 3.63) is 30.3 Å². The number of hydrogen-bond acceptors (Lipinski definition) is 2. The summed E-state index contributed by atoms with van der Waals surface area (Å²) < 4.78 is 6.17. The standard InChI is InChI=1S/C17H26OS/c1-13(2)10-11-17(4)16(14(3)12-18-17)19-15-8-6-5-7-9-15/h5-9,13-14,16H,10-12H2,1-4H3/t14-,16+,17+/m1/s1. The van der Waals surface area contributed by atoms with Crippen LogP contribution in [0.1, 0.15) is 40.5 Å². The Morgan fingerprint density at radius 1 is 1.32 bits per heavy atom. The van der Waals surface area contributed by atoms with Crippen molar-refractivity contribution in [2.45, 2.75) is 56.3 Å². The minimum absolute atomic E-state index is 0.0319. The fourth-order valence-electron chi connectivity index (χ4n) is 2.77. The van der Waals surface area contributed by atoms with E-state index in [1.54, 1.807) is 0 Å². The van der Waals surface area contributed by atoms with Gasteiger partial charge in [-0.2, -0.15) is 0 Å². The molecule has 0 aromatic heterocycles. The summed E-state index contributed by atoms with van der Waals surface area (Å²) in [4.78, 5) is 1.36. The molecule has 2 heteroatoms. The highest BCUT2D eigenvalue weighted by atomic mass is 32.2. The molecule has 0 amide bonds. The number of ether oxygens (including phenoxy) is 1. The number of benzene rings is 1. The summed E-state index contributed by atoms with van der Waals surface area (Å²) in [5, 5.41) is 0.564. The SMILES string of the molecule is CC(C)CC[C@]1(C)OC[C@@H](C)[C@@H]1Sc1ccccc1. The molecule has 0 N–H and O–H groups in total. The smallest absolute Gasteiger partial charge is 0.0779 e. The summed E-state index contributed by atoms with van der Waals surface area (Å²) in [5.74, 6) is 1.38. The predicted octanol–water partition coefficient (Wildman–Crippen LogP) is 5.01. The molecule has 0 bridgehead atoms. The van der Waals surface area contributed by atoms with Crippen molar-refractivity contribution in [1.82, 2.24) is 0 Å². The highest BCUT2D eigenvalue weighted by Crippen LogP contribution is 2.44. The maximum Gasteiger partial charge on any atom is 0.0779 e. The first-order chi connectivity index (χ1) is 9.01. The summed E-state index contributed by atoms with van der Waals surface area (Å²) in [7, 11) is 0. The molecule has 0 spiro atoms. The van der Waals surface area contributed by atoms with E-state index in [0.717, 1.165) is 12.5 Å². The fourth-order valence-corrected chi connectivity index (χ4v) is 4.12. The second-order valence-electron chi connectivity index (χ2n) is 6.38. The first kappa shape index (κ1) is 14.9. The Hall–Kier alpha value is -0.470. The zero-order valence-corrected chi connectivity index (χ0v) is 13.4. The second-order valence-corrected chi connectivity index (χ2v) is 7.60. The van der Waals surface area contributed by atoms with E-state index < -0.39 is 0 Å². The minimum atomic E-state index is 0.0319. The third-order valence-electron chi connectivity index (χ3n) is 4.02. The van der Waals surface area contributed by atoms with Gasteiger partial charge < -0.3 is 4.74 Å². The molecule has 1 aliphatic rings. The molecule has 0 radical (unpaired) electrons. The summed E-state index contributed by atoms with van der Waals surface area (Å²) in [6.07, 6.45) is 2.41. The molecule has 2 rings (SSSR count). The zero-order valence-electron chi connectivity index (χ0n) is 12.6. The normalized spacial score (nSPS) is 31.0. The lowest BCUT2D eigenvalue weighted by molar-refractivity contribution is 0.0111. The first-order valence-electron chi connectivity index (χ1n) is 7.37. The molecular formula is C17H26OS. The van der Waals surface area contributed by atoms with Crippen LogP contribution in [0.25, 0.3) is 0 Å². The Kier molecular flexibility index (Phi) is 4.97. The lowest BCUT2D eigenvalue weighted by atomic mass is 9.89. The molecule has 1 fully saturated rings. The third kappa shape index (κ3) is 3.76. The molecule has 19 heavy (non-hydrogen) atoms. The van der Waals surface area contributed by atoms with Gasteiger partial charge in [-0.1, -0.05) is 39.0 Å². The number of rotatable bonds is 5. The van der Waals surface area contributed by atoms with Crippen LogP contribution in [0.4, 0.5) is 0 Å². The van der Waals surface area contributed by atoms with E-state index in [2.05, 4.69) is 58.0 Å². The summed E-state index contributed by atoms with van der Waals surface area (Å²) in [6.45, 7) is 10.1. The summed E-state index contributed by atoms with van der Waals surface area (Å²) >= 11 is 1.99. The van der Waals surface area contributed by atoms with Crippen molar-refractivity contribution in [3.8, 4) is 0 Å². The van der Waals surface area contributed by atoms with Crippen LogP contribution in [0.2, 0.25) is 0 Å². The Bertz CT molecular complexity index is 390. The molecule has 1 heterocycles. The van der Waals surface area contributed by atoms with Crippen molar-refractivity contribution in [1.29, 1.82) is 0 Å². The number of thioether (sulfide) groups is 1. The van der Waals surface area contributed by atoms with Gasteiger partial charge in [-0.15, -0.1) is 11.8 Å². The Balaban J connectivity index is 2.06. The lowest BCUT2D eigenvalue weighted by Gasteiger charge is -2.32. The van der Waals surface area contributed by atoms with E-state index in [0.29, 0.717) is 11.2 Å². The average Bonchev–Trinajstić information content (AvgIpc) is 2.67. The van der Waals surface area contributed by atoms with Gasteiger partial charge in [0.15, 0.2) is 0 Å². The molecule has 0 saturated carbocycles. The van der Waals surface area contributed by atoms with Crippen LogP contribution in [0.5, 0.6) is 0 Å². The molecule has 106 valence electrons. The van der Waals surface area contributed by atoms with E-state index in [1.165, 1.54) is 17.7 Å². The number of hydrogen-bond donors (Lipinski definition) is 0. The van der Waals surface area contributed by atoms with Gasteiger partial charge in [-0.25, -0.2) is 0 Å². The molecule has 1 aliphatic heterocycles. The van der Waals surface area contributed by atoms with Gasteiger partial charge in [-0.05, 0) is 43.7 Å². The van der Waals surface area contributed by atoms with Gasteiger partial charge in [0.2, 0.25) is 0 Å². The molecule has 1 nitrogen and oxygen atoms in total. The monoisotopic (exact) mass is 278 g/mol. The van der Waals surface area contributed by atoms with Crippen LogP contribution < -0.4 is 0 Å². The van der Waals surface area contributed by atoms with E-state index >= 15 is 0 Å². The van der Waals surface area contributed by atoms with Crippen LogP contribution >= 0.6 is 11.8 Å². The van der Waals surface area contributed by atoms with Crippen molar-refractivity contribution in [2.75, 3.05) is 6.61 Å². The highest BCUT2D eigenvalue weighted by molar-refractivity contribution is 8.00. The lowest BCUT2D eigenvalue weighted by Crippen LogP contribution is -2.36. The summed E-state index contributed by atoms with van der Waals surface area (Å²) in [5.41, 5.74) is 0.0319. The van der Waals surface area contributed by atoms with Gasteiger partial charge in [0, 0.05) is 10.1 Å². The average molecular weight is 278 g/mol. The molecule has 1 aromatic carbocycles. The van der Waals surface area contributed by atoms with Crippen LogP contribution in [-0.4, -0.2) is 17.5 Å². The molecule has 1 aromatic rings. The second kappa shape index (κ2) is 6.32. The van der Waals surface area contributed by atoms with Crippen molar-refractivity contribution >= 4 is 11.8 Å². The van der Waals surface area contributed by atoms with E-state index in [9.17, 15) is 0 Å². The van der Waals surface area contributed by atoms with Gasteiger partial charge >= 0.3 is 0 Å². The summed E-state index contributed by atoms with van der Waals surface area (Å²) in [6, 6.07) is 10.7. The van der Waals surface area contributed by atoms with Gasteiger partial charge in [0.1, 0.15) is 0 Å². The molecule has 0 unspecified atom stereocenters. The van der Waals surface area contributed by atoms with Crippen LogP contribution in [0, 0.1) is 11.8 Å². The minimum Gasteiger partial charge on any atom is -0.374 e. The first-order valence-corrected chi connectivity index (χ1v) is 8.25. The Labute approximate surface area is 122 Å². The fraction of sp³-hybridized carbons (Fsp3) is 0.647. The van der Waals surface area contributed by atoms with Crippen LogP contribution in [0.15, 0.2) is 35.2 Å². The van der Waals surface area contributed by atoms with Gasteiger partial charge in [0.05, 0.1) is 12.2 Å². The van der Waals surface area contributed by atoms with Crippen molar-refractivity contribution in [2.24, 2.45) is 11.8 Å². The van der Waals surface area contributed by atoms with Gasteiger partial charge in [-0.3, -0.25) is 0 Å². The molecule has 1 saturated heterocycles. The maximum absolute atomic E-state index is 6.17. The van der Waals surface area contributed by atoms with Crippen LogP contribution in [0.3, 0.4) is 0 Å². The molecule has 0 aliphatic carbocycles. The van der Waals surface area contributed by atoms with E-state index in [1.807, 2.05) is 11.8 Å². The van der Waals surface area contributed by atoms with E-state index in [4.69, 9.17) is 4.74 Å². The molecule has 3 atom stereocenters. The Morgan fingerprint density at radius 2 is 2.00 bits per heavy atom. The third-order valence-corrected chi connectivity index (χ3v) is 5.78. The topological polar surface area (TPSA) is 9.23 Å².